The third-order valence-electron chi connectivity index (χ3n) is 3.96. The standard InChI is InChI=1S/C17H14N2S.ClH/c1-19-16-8-7-12(20-2)9-11(16)10-14-13-5-3-4-6-15(13)18-17(14)19;/h3-10H,1-2H3;1H. The molecule has 2 nitrogen and oxygen atoms in total. The second-order valence-electron chi connectivity index (χ2n) is 5.06. The summed E-state index contributed by atoms with van der Waals surface area (Å²) in [4.78, 5) is 4.83. The number of para-hydroxylation sites is 1. The molecule has 0 atom stereocenters. The number of rotatable bonds is 1. The average Bonchev–Trinajstić information content (AvgIpc) is 2.86. The maximum atomic E-state index is 3.52. The molecular formula is C17H15ClN2S. The van der Waals surface area contributed by atoms with Gasteiger partial charge in [-0.25, -0.2) is 9.55 Å². The molecule has 4 aromatic rings. The van der Waals surface area contributed by atoms with E-state index in [0.29, 0.717) is 0 Å². The topological polar surface area (TPSA) is 19.7 Å². The fourth-order valence-electron chi connectivity index (χ4n) is 2.92. The maximum absolute atomic E-state index is 3.52. The zero-order valence-electron chi connectivity index (χ0n) is 11.9. The van der Waals surface area contributed by atoms with Crippen LogP contribution in [0.15, 0.2) is 53.4 Å². The third-order valence-corrected chi connectivity index (χ3v) is 4.68. The first kappa shape index (κ1) is 14.2. The number of aromatic nitrogens is 2. The van der Waals surface area contributed by atoms with Crippen molar-refractivity contribution in [2.45, 2.75) is 4.90 Å². The monoisotopic (exact) mass is 314 g/mol. The molecule has 0 spiro atoms. The van der Waals surface area contributed by atoms with Gasteiger partial charge in [-0.05, 0) is 42.7 Å². The second-order valence-corrected chi connectivity index (χ2v) is 5.94. The summed E-state index contributed by atoms with van der Waals surface area (Å²) in [6, 6.07) is 17.4. The minimum atomic E-state index is 0. The number of thioether (sulfide) groups is 1. The van der Waals surface area contributed by atoms with Gasteiger partial charge in [-0.1, -0.05) is 12.1 Å². The number of halogens is 1. The molecule has 0 aliphatic carbocycles. The molecule has 4 heteroatoms. The molecule has 0 amide bonds. The Bertz CT molecular complexity index is 959. The Balaban J connectivity index is 0.00000132. The van der Waals surface area contributed by atoms with Crippen LogP contribution in [0.3, 0.4) is 0 Å². The Morgan fingerprint density at radius 3 is 2.62 bits per heavy atom. The summed E-state index contributed by atoms with van der Waals surface area (Å²) in [6.45, 7) is 0. The number of hydrogen-bond donors (Lipinski definition) is 1. The molecule has 2 aromatic heterocycles. The molecule has 4 rings (SSSR count). The van der Waals surface area contributed by atoms with E-state index in [1.54, 1.807) is 11.8 Å². The van der Waals surface area contributed by atoms with E-state index in [9.17, 15) is 0 Å². The Labute approximate surface area is 133 Å². The third kappa shape index (κ3) is 2.08. The molecule has 1 N–H and O–H groups in total. The van der Waals surface area contributed by atoms with E-state index in [-0.39, 0.29) is 12.4 Å². The summed E-state index contributed by atoms with van der Waals surface area (Å²) in [5, 5.41) is 3.86. The van der Waals surface area contributed by atoms with Crippen LogP contribution in [0.25, 0.3) is 32.8 Å². The fraction of sp³-hybridized carbons (Fsp3) is 0.118. The zero-order valence-corrected chi connectivity index (χ0v) is 13.4. The van der Waals surface area contributed by atoms with Gasteiger partial charge < -0.3 is 12.4 Å². The number of nitrogens with one attached hydrogen (secondary N) is 1. The van der Waals surface area contributed by atoms with Crippen molar-refractivity contribution >= 4 is 44.6 Å². The number of pyridine rings is 1. The lowest BCUT2D eigenvalue weighted by molar-refractivity contribution is -0.619. The van der Waals surface area contributed by atoms with Crippen LogP contribution in [0.4, 0.5) is 0 Å². The lowest BCUT2D eigenvalue weighted by Gasteiger charge is -2.03. The molecule has 2 heterocycles. The highest BCUT2D eigenvalue weighted by Gasteiger charge is 2.15. The molecule has 0 aliphatic rings. The van der Waals surface area contributed by atoms with Crippen molar-refractivity contribution in [3.63, 3.8) is 0 Å². The first-order valence-electron chi connectivity index (χ1n) is 6.65. The van der Waals surface area contributed by atoms with Gasteiger partial charge in [0.15, 0.2) is 0 Å². The van der Waals surface area contributed by atoms with Crippen LogP contribution < -0.4 is 17.0 Å². The highest BCUT2D eigenvalue weighted by molar-refractivity contribution is 7.98. The van der Waals surface area contributed by atoms with Gasteiger partial charge in [-0.3, -0.25) is 0 Å². The predicted octanol–water partition coefficient (Wildman–Crippen LogP) is 1.02. The molecule has 106 valence electrons. The van der Waals surface area contributed by atoms with E-state index >= 15 is 0 Å². The van der Waals surface area contributed by atoms with Gasteiger partial charge in [-0.15, -0.1) is 11.8 Å². The highest BCUT2D eigenvalue weighted by Crippen LogP contribution is 2.27. The van der Waals surface area contributed by atoms with Crippen molar-refractivity contribution < 1.29 is 17.0 Å². The normalized spacial score (nSPS) is 11.1. The quantitative estimate of drug-likeness (QED) is 0.411. The number of benzene rings is 2. The van der Waals surface area contributed by atoms with Crippen LogP contribution in [0.2, 0.25) is 0 Å². The van der Waals surface area contributed by atoms with Crippen LogP contribution in [0.5, 0.6) is 0 Å². The molecule has 0 unspecified atom stereocenters. The summed E-state index contributed by atoms with van der Waals surface area (Å²) >= 11 is 1.78. The number of aryl methyl sites for hydroxylation is 1. The van der Waals surface area contributed by atoms with Crippen LogP contribution in [-0.4, -0.2) is 11.2 Å². The van der Waals surface area contributed by atoms with Crippen molar-refractivity contribution in [1.29, 1.82) is 0 Å². The molecule has 0 saturated carbocycles. The highest BCUT2D eigenvalue weighted by atomic mass is 35.5. The summed E-state index contributed by atoms with van der Waals surface area (Å²) in [5.41, 5.74) is 3.62. The molecule has 0 bridgehead atoms. The first-order chi connectivity index (χ1) is 9.78. The number of fused-ring (bicyclic) bond motifs is 4. The molecule has 2 aromatic carbocycles. The summed E-state index contributed by atoms with van der Waals surface area (Å²) < 4.78 is 2.24. The summed E-state index contributed by atoms with van der Waals surface area (Å²) in [7, 11) is 2.12. The van der Waals surface area contributed by atoms with E-state index in [1.165, 1.54) is 37.7 Å². The first-order valence-corrected chi connectivity index (χ1v) is 7.87. The lowest BCUT2D eigenvalue weighted by Crippen LogP contribution is -3.00. The van der Waals surface area contributed by atoms with E-state index in [1.807, 2.05) is 0 Å². The zero-order chi connectivity index (χ0) is 13.7. The Hall–Kier alpha value is -1.71. The van der Waals surface area contributed by atoms with Gasteiger partial charge in [0, 0.05) is 15.7 Å². The molecule has 0 aliphatic heterocycles. The van der Waals surface area contributed by atoms with Crippen molar-refractivity contribution in [2.75, 3.05) is 6.26 Å². The molecular weight excluding hydrogens is 300 g/mol. The molecule has 0 fully saturated rings. The lowest BCUT2D eigenvalue weighted by atomic mass is 10.1. The molecule has 0 radical (unpaired) electrons. The van der Waals surface area contributed by atoms with Gasteiger partial charge in [0.05, 0.1) is 12.4 Å². The maximum Gasteiger partial charge on any atom is 0.287 e. The van der Waals surface area contributed by atoms with Gasteiger partial charge in [0.2, 0.25) is 0 Å². The average molecular weight is 315 g/mol. The SMILES string of the molecule is CSc1ccc2c(c1)cc1c3ccccc3[nH]c1[n+]2C.[Cl-]. The Morgan fingerprint density at radius 2 is 1.81 bits per heavy atom. The van der Waals surface area contributed by atoms with E-state index < -0.39 is 0 Å². The molecule has 21 heavy (non-hydrogen) atoms. The Morgan fingerprint density at radius 1 is 1.00 bits per heavy atom. The largest absolute Gasteiger partial charge is 1.00 e. The van der Waals surface area contributed by atoms with Gasteiger partial charge in [-0.2, -0.15) is 0 Å². The number of hydrogen-bond acceptors (Lipinski definition) is 1. The van der Waals surface area contributed by atoms with Crippen molar-refractivity contribution in [3.8, 4) is 0 Å². The summed E-state index contributed by atoms with van der Waals surface area (Å²) in [5.74, 6) is 0. The Kier molecular flexibility index (Phi) is 3.56. The van der Waals surface area contributed by atoms with E-state index in [0.717, 1.165) is 0 Å². The van der Waals surface area contributed by atoms with Gasteiger partial charge in [0.25, 0.3) is 5.65 Å². The second kappa shape index (κ2) is 5.24. The fourth-order valence-corrected chi connectivity index (χ4v) is 3.37. The number of H-pyrrole nitrogens is 1. The van der Waals surface area contributed by atoms with Crippen LogP contribution in [-0.2, 0) is 7.05 Å². The smallest absolute Gasteiger partial charge is 0.287 e. The van der Waals surface area contributed by atoms with Crippen LogP contribution in [0, 0.1) is 0 Å². The predicted molar refractivity (Wildman–Crippen MR) is 86.3 cm³/mol. The van der Waals surface area contributed by atoms with Gasteiger partial charge >= 0.3 is 0 Å². The van der Waals surface area contributed by atoms with Gasteiger partial charge in [0.1, 0.15) is 11.0 Å². The van der Waals surface area contributed by atoms with E-state index in [4.69, 9.17) is 0 Å². The van der Waals surface area contributed by atoms with Crippen molar-refractivity contribution in [3.05, 3.63) is 48.5 Å². The van der Waals surface area contributed by atoms with Crippen LogP contribution in [0.1, 0.15) is 0 Å². The van der Waals surface area contributed by atoms with Crippen molar-refractivity contribution in [1.82, 2.24) is 4.98 Å². The minimum Gasteiger partial charge on any atom is -1.00 e. The minimum absolute atomic E-state index is 0. The summed E-state index contributed by atoms with van der Waals surface area (Å²) in [6.07, 6.45) is 2.12. The number of nitrogens with zero attached hydrogens (tertiary/aromatic N) is 1. The van der Waals surface area contributed by atoms with E-state index in [2.05, 4.69) is 71.4 Å². The number of aromatic amines is 1. The molecule has 0 saturated heterocycles. The van der Waals surface area contributed by atoms with Crippen LogP contribution >= 0.6 is 11.8 Å². The van der Waals surface area contributed by atoms with Crippen molar-refractivity contribution in [2.24, 2.45) is 7.05 Å².